The maximum atomic E-state index is 12.0. The molecule has 0 spiro atoms. The monoisotopic (exact) mass is 324 g/mol. The van der Waals surface area contributed by atoms with Gasteiger partial charge in [-0.3, -0.25) is 4.79 Å². The molecule has 0 bridgehead atoms. The Bertz CT molecular complexity index is 579. The minimum absolute atomic E-state index is 0.000566. The quantitative estimate of drug-likeness (QED) is 0.860. The smallest absolute Gasteiger partial charge is 0.237 e. The van der Waals surface area contributed by atoms with Crippen molar-refractivity contribution in [3.8, 4) is 0 Å². The fraction of sp³-hybridized carbons (Fsp3) is 0.562. The molecule has 1 aromatic carbocycles. The molecule has 0 atom stereocenters. The third-order valence-electron chi connectivity index (χ3n) is 4.16. The molecule has 0 aromatic heterocycles. The highest BCUT2D eigenvalue weighted by molar-refractivity contribution is 7.89. The molecule has 0 saturated carbocycles. The van der Waals surface area contributed by atoms with Crippen LogP contribution in [0, 0.1) is 5.92 Å². The fourth-order valence-electron chi connectivity index (χ4n) is 2.72. The number of amides is 1. The van der Waals surface area contributed by atoms with E-state index < -0.39 is 10.0 Å². The van der Waals surface area contributed by atoms with Crippen LogP contribution in [0.3, 0.4) is 0 Å². The topological polar surface area (TPSA) is 66.5 Å². The molecular weight excluding hydrogens is 300 g/mol. The standard InChI is InChI=1S/C16H24N2O3S/c1-2-22(20,21)17-13-16(19)18-10-8-15(9-11-18)12-14-6-4-3-5-7-14/h3-7,15,17H,2,8-13H2,1H3. The van der Waals surface area contributed by atoms with Gasteiger partial charge in [0.25, 0.3) is 0 Å². The molecule has 1 aromatic rings. The number of benzene rings is 1. The van der Waals surface area contributed by atoms with Crippen LogP contribution in [0.15, 0.2) is 30.3 Å². The van der Waals surface area contributed by atoms with Crippen LogP contribution >= 0.6 is 0 Å². The van der Waals surface area contributed by atoms with E-state index in [1.807, 2.05) is 18.2 Å². The number of sulfonamides is 1. The lowest BCUT2D eigenvalue weighted by Gasteiger charge is -2.32. The second kappa shape index (κ2) is 7.74. The van der Waals surface area contributed by atoms with Crippen molar-refractivity contribution >= 4 is 15.9 Å². The van der Waals surface area contributed by atoms with Gasteiger partial charge in [-0.05, 0) is 37.7 Å². The maximum Gasteiger partial charge on any atom is 0.237 e. The molecule has 1 heterocycles. The number of hydrogen-bond donors (Lipinski definition) is 1. The fourth-order valence-corrected chi connectivity index (χ4v) is 3.27. The Hall–Kier alpha value is -1.40. The number of nitrogens with one attached hydrogen (secondary N) is 1. The molecule has 1 aliphatic rings. The van der Waals surface area contributed by atoms with Crippen LogP contribution in [0.2, 0.25) is 0 Å². The number of nitrogens with zero attached hydrogens (tertiary/aromatic N) is 1. The highest BCUT2D eigenvalue weighted by atomic mass is 32.2. The summed E-state index contributed by atoms with van der Waals surface area (Å²) in [4.78, 5) is 13.8. The Morgan fingerprint density at radius 1 is 1.23 bits per heavy atom. The molecule has 5 nitrogen and oxygen atoms in total. The first-order valence-electron chi connectivity index (χ1n) is 7.79. The summed E-state index contributed by atoms with van der Waals surface area (Å²) in [6.45, 7) is 2.86. The summed E-state index contributed by atoms with van der Waals surface area (Å²) >= 11 is 0. The van der Waals surface area contributed by atoms with Crippen LogP contribution in [0.4, 0.5) is 0 Å². The number of carbonyl (C=O) groups is 1. The Labute approximate surface area is 132 Å². The van der Waals surface area contributed by atoms with Gasteiger partial charge in [0.2, 0.25) is 15.9 Å². The number of piperidine rings is 1. The molecule has 122 valence electrons. The van der Waals surface area contributed by atoms with E-state index in [9.17, 15) is 13.2 Å². The molecule has 1 fully saturated rings. The Kier molecular flexibility index (Phi) is 5.97. The summed E-state index contributed by atoms with van der Waals surface area (Å²) in [5.41, 5.74) is 1.34. The number of carbonyl (C=O) groups excluding carboxylic acids is 1. The SMILES string of the molecule is CCS(=O)(=O)NCC(=O)N1CCC(Cc2ccccc2)CC1. The van der Waals surface area contributed by atoms with Crippen LogP contribution in [0.25, 0.3) is 0 Å². The van der Waals surface area contributed by atoms with Gasteiger partial charge in [-0.2, -0.15) is 0 Å². The molecule has 0 unspecified atom stereocenters. The lowest BCUT2D eigenvalue weighted by molar-refractivity contribution is -0.131. The lowest BCUT2D eigenvalue weighted by Crippen LogP contribution is -2.44. The predicted octanol–water partition coefficient (Wildman–Crippen LogP) is 1.41. The van der Waals surface area contributed by atoms with E-state index in [0.717, 1.165) is 19.3 Å². The first-order valence-corrected chi connectivity index (χ1v) is 9.44. The first-order chi connectivity index (χ1) is 10.5. The normalized spacial score (nSPS) is 16.7. The minimum Gasteiger partial charge on any atom is -0.342 e. The van der Waals surface area contributed by atoms with Gasteiger partial charge < -0.3 is 4.90 Å². The van der Waals surface area contributed by atoms with Gasteiger partial charge in [-0.25, -0.2) is 13.1 Å². The number of likely N-dealkylation sites (tertiary alicyclic amines) is 1. The minimum atomic E-state index is -3.30. The predicted molar refractivity (Wildman–Crippen MR) is 86.9 cm³/mol. The van der Waals surface area contributed by atoms with Gasteiger partial charge >= 0.3 is 0 Å². The average molecular weight is 324 g/mol. The molecular formula is C16H24N2O3S. The largest absolute Gasteiger partial charge is 0.342 e. The van der Waals surface area contributed by atoms with E-state index in [-0.39, 0.29) is 18.2 Å². The van der Waals surface area contributed by atoms with Gasteiger partial charge in [-0.1, -0.05) is 30.3 Å². The van der Waals surface area contributed by atoms with E-state index in [4.69, 9.17) is 0 Å². The van der Waals surface area contributed by atoms with Crippen molar-refractivity contribution in [3.05, 3.63) is 35.9 Å². The molecule has 0 aliphatic carbocycles. The summed E-state index contributed by atoms with van der Waals surface area (Å²) in [7, 11) is -3.30. The van der Waals surface area contributed by atoms with Gasteiger partial charge in [0.15, 0.2) is 0 Å². The van der Waals surface area contributed by atoms with Gasteiger partial charge in [-0.15, -0.1) is 0 Å². The zero-order valence-electron chi connectivity index (χ0n) is 13.0. The molecule has 1 N–H and O–H groups in total. The maximum absolute atomic E-state index is 12.0. The highest BCUT2D eigenvalue weighted by Crippen LogP contribution is 2.21. The zero-order chi connectivity index (χ0) is 16.0. The zero-order valence-corrected chi connectivity index (χ0v) is 13.8. The van der Waals surface area contributed by atoms with Crippen LogP contribution < -0.4 is 4.72 Å². The molecule has 1 aliphatic heterocycles. The van der Waals surface area contributed by atoms with Crippen molar-refractivity contribution in [3.63, 3.8) is 0 Å². The molecule has 1 amide bonds. The number of rotatable bonds is 6. The van der Waals surface area contributed by atoms with Gasteiger partial charge in [0, 0.05) is 13.1 Å². The average Bonchev–Trinajstić information content (AvgIpc) is 2.54. The number of hydrogen-bond acceptors (Lipinski definition) is 3. The Balaban J connectivity index is 1.76. The Morgan fingerprint density at radius 3 is 2.45 bits per heavy atom. The summed E-state index contributed by atoms with van der Waals surface area (Å²) in [5.74, 6) is 0.466. The summed E-state index contributed by atoms with van der Waals surface area (Å²) in [6.07, 6.45) is 2.99. The molecule has 22 heavy (non-hydrogen) atoms. The van der Waals surface area contributed by atoms with Crippen molar-refractivity contribution in [2.75, 3.05) is 25.4 Å². The van der Waals surface area contributed by atoms with Crippen molar-refractivity contribution in [1.29, 1.82) is 0 Å². The van der Waals surface area contributed by atoms with E-state index in [2.05, 4.69) is 16.9 Å². The van der Waals surface area contributed by atoms with Crippen LogP contribution in [-0.4, -0.2) is 44.6 Å². The van der Waals surface area contributed by atoms with Crippen LogP contribution in [-0.2, 0) is 21.2 Å². The second-order valence-corrected chi connectivity index (χ2v) is 7.83. The summed E-state index contributed by atoms with van der Waals surface area (Å²) < 4.78 is 25.1. The third-order valence-corrected chi connectivity index (χ3v) is 5.50. The molecule has 6 heteroatoms. The van der Waals surface area contributed by atoms with Gasteiger partial charge in [0.05, 0.1) is 12.3 Å². The van der Waals surface area contributed by atoms with Crippen molar-refractivity contribution in [1.82, 2.24) is 9.62 Å². The molecule has 0 radical (unpaired) electrons. The molecule has 2 rings (SSSR count). The summed E-state index contributed by atoms with van der Waals surface area (Å²) in [5, 5.41) is 0. The first kappa shape index (κ1) is 17.0. The Morgan fingerprint density at radius 2 is 1.86 bits per heavy atom. The molecule has 1 saturated heterocycles. The van der Waals surface area contributed by atoms with Crippen molar-refractivity contribution < 1.29 is 13.2 Å². The van der Waals surface area contributed by atoms with E-state index >= 15 is 0 Å². The highest BCUT2D eigenvalue weighted by Gasteiger charge is 2.23. The van der Waals surface area contributed by atoms with Crippen LogP contribution in [0.1, 0.15) is 25.3 Å². The van der Waals surface area contributed by atoms with Gasteiger partial charge in [0.1, 0.15) is 0 Å². The van der Waals surface area contributed by atoms with E-state index in [1.54, 1.807) is 11.8 Å². The van der Waals surface area contributed by atoms with Crippen molar-refractivity contribution in [2.45, 2.75) is 26.2 Å². The van der Waals surface area contributed by atoms with Crippen molar-refractivity contribution in [2.24, 2.45) is 5.92 Å². The van der Waals surface area contributed by atoms with E-state index in [0.29, 0.717) is 19.0 Å². The lowest BCUT2D eigenvalue weighted by atomic mass is 9.90. The second-order valence-electron chi connectivity index (χ2n) is 5.74. The summed E-state index contributed by atoms with van der Waals surface area (Å²) in [6, 6.07) is 10.4. The van der Waals surface area contributed by atoms with E-state index in [1.165, 1.54) is 5.56 Å². The van der Waals surface area contributed by atoms with Crippen LogP contribution in [0.5, 0.6) is 0 Å². The third kappa shape index (κ3) is 5.10.